The van der Waals surface area contributed by atoms with Gasteiger partial charge in [-0.15, -0.1) is 0 Å². The number of hydrogen-bond acceptors (Lipinski definition) is 6. The zero-order valence-electron chi connectivity index (χ0n) is 18.9. The van der Waals surface area contributed by atoms with Gasteiger partial charge in [0.25, 0.3) is 5.91 Å². The van der Waals surface area contributed by atoms with E-state index in [-0.39, 0.29) is 42.3 Å². The molecule has 1 aromatic rings. The minimum absolute atomic E-state index is 0.145. The van der Waals surface area contributed by atoms with Crippen LogP contribution >= 0.6 is 7.37 Å². The maximum Gasteiger partial charge on any atom is 0.311 e. The normalized spacial score (nSPS) is 12.1. The highest BCUT2D eigenvalue weighted by Crippen LogP contribution is 2.41. The van der Waals surface area contributed by atoms with Crippen molar-refractivity contribution in [1.82, 2.24) is 5.32 Å². The molecule has 0 aliphatic rings. The lowest BCUT2D eigenvalue weighted by Crippen LogP contribution is -2.28. The fourth-order valence-electron chi connectivity index (χ4n) is 2.38. The third-order valence-corrected chi connectivity index (χ3v) is 5.56. The molecule has 0 spiro atoms. The summed E-state index contributed by atoms with van der Waals surface area (Å²) in [4.78, 5) is 35.8. The number of ether oxygens (including phenoxy) is 1. The molecule has 0 aliphatic heterocycles. The minimum atomic E-state index is -2.77. The van der Waals surface area contributed by atoms with Crippen LogP contribution in [0.25, 0.3) is 0 Å². The predicted octanol–water partition coefficient (Wildman–Crippen LogP) is 4.44. The van der Waals surface area contributed by atoms with Gasteiger partial charge in [0, 0.05) is 32.7 Å². The summed E-state index contributed by atoms with van der Waals surface area (Å²) >= 11 is 0. The zero-order valence-corrected chi connectivity index (χ0v) is 19.8. The maximum atomic E-state index is 12.6. The number of amides is 2. The molecule has 9 heteroatoms. The van der Waals surface area contributed by atoms with Gasteiger partial charge >= 0.3 is 5.97 Å². The molecule has 1 atom stereocenters. The van der Waals surface area contributed by atoms with Gasteiger partial charge in [-0.05, 0) is 31.5 Å². The van der Waals surface area contributed by atoms with Gasteiger partial charge in [0.05, 0.1) is 17.9 Å². The Balaban J connectivity index is 0.00000407. The average molecular weight is 442 g/mol. The quantitative estimate of drug-likeness (QED) is 0.298. The summed E-state index contributed by atoms with van der Waals surface area (Å²) < 4.78 is 22.6. The number of anilines is 1. The highest BCUT2D eigenvalue weighted by molar-refractivity contribution is 7.58. The van der Waals surface area contributed by atoms with Crippen LogP contribution in [-0.4, -0.2) is 43.8 Å². The van der Waals surface area contributed by atoms with E-state index in [1.165, 1.54) is 31.8 Å². The first-order valence-corrected chi connectivity index (χ1v) is 12.6. The van der Waals surface area contributed by atoms with Crippen molar-refractivity contribution in [3.05, 3.63) is 23.8 Å². The largest absolute Gasteiger partial charge is 0.427 e. The smallest absolute Gasteiger partial charge is 0.311 e. The highest BCUT2D eigenvalue weighted by atomic mass is 31.2. The fraction of sp³-hybridized carbons (Fsp3) is 0.571. The Morgan fingerprint density at radius 3 is 2.37 bits per heavy atom. The summed E-state index contributed by atoms with van der Waals surface area (Å²) in [5.74, 6) is -0.984. The number of unbranched alkanes of at least 4 members (excludes halogenated alkanes) is 1. The van der Waals surface area contributed by atoms with Crippen molar-refractivity contribution in [1.29, 1.82) is 0 Å². The summed E-state index contributed by atoms with van der Waals surface area (Å²) in [7, 11) is -2.77. The topological polar surface area (TPSA) is 111 Å². The van der Waals surface area contributed by atoms with Crippen LogP contribution in [0.4, 0.5) is 5.69 Å². The molecule has 2 amide bonds. The van der Waals surface area contributed by atoms with Gasteiger partial charge in [-0.3, -0.25) is 18.9 Å². The van der Waals surface area contributed by atoms with Crippen LogP contribution in [-0.2, 0) is 18.7 Å². The van der Waals surface area contributed by atoms with E-state index in [4.69, 9.17) is 9.26 Å². The lowest BCUT2D eigenvalue weighted by atomic mass is 10.1. The Morgan fingerprint density at radius 2 is 1.80 bits per heavy atom. The molecule has 2 N–H and O–H groups in total. The van der Waals surface area contributed by atoms with Crippen LogP contribution in [0, 0.1) is 0 Å². The van der Waals surface area contributed by atoms with Crippen molar-refractivity contribution in [2.45, 2.75) is 53.9 Å². The molecule has 0 aromatic heterocycles. The molecule has 30 heavy (non-hydrogen) atoms. The van der Waals surface area contributed by atoms with Gasteiger partial charge in [0.15, 0.2) is 0 Å². The first-order chi connectivity index (χ1) is 14.2. The number of hydrogen-bond donors (Lipinski definition) is 2. The van der Waals surface area contributed by atoms with Crippen molar-refractivity contribution >= 4 is 30.8 Å². The van der Waals surface area contributed by atoms with Crippen molar-refractivity contribution in [2.24, 2.45) is 0 Å². The van der Waals surface area contributed by atoms with E-state index in [0.29, 0.717) is 18.7 Å². The molecule has 1 unspecified atom stereocenters. The molecule has 0 saturated heterocycles. The van der Waals surface area contributed by atoms with E-state index < -0.39 is 13.3 Å². The minimum Gasteiger partial charge on any atom is -0.427 e. The molecule has 1 aromatic carbocycles. The fourth-order valence-corrected chi connectivity index (χ4v) is 3.58. The third-order valence-electron chi connectivity index (χ3n) is 3.72. The molecule has 0 aliphatic carbocycles. The Kier molecular flexibility index (Phi) is 13.7. The molecule has 0 heterocycles. The molecular weight excluding hydrogens is 407 g/mol. The van der Waals surface area contributed by atoms with Crippen molar-refractivity contribution < 1.29 is 28.2 Å². The molecule has 1 rings (SSSR count). The Labute approximate surface area is 179 Å². The van der Waals surface area contributed by atoms with Gasteiger partial charge < -0.3 is 19.9 Å². The van der Waals surface area contributed by atoms with Crippen LogP contribution in [0.3, 0.4) is 0 Å². The lowest BCUT2D eigenvalue weighted by molar-refractivity contribution is -0.134. The number of rotatable bonds is 11. The van der Waals surface area contributed by atoms with Gasteiger partial charge in [0.1, 0.15) is 5.75 Å². The number of carbonyl (C=O) groups is 3. The van der Waals surface area contributed by atoms with Crippen LogP contribution < -0.4 is 15.4 Å². The van der Waals surface area contributed by atoms with E-state index >= 15 is 0 Å². The second-order valence-corrected chi connectivity index (χ2v) is 9.11. The monoisotopic (exact) mass is 442 g/mol. The predicted molar refractivity (Wildman–Crippen MR) is 120 cm³/mol. The van der Waals surface area contributed by atoms with Crippen LogP contribution in [0.15, 0.2) is 18.2 Å². The Hall–Kier alpha value is -2.18. The van der Waals surface area contributed by atoms with Crippen molar-refractivity contribution in [3.8, 4) is 5.75 Å². The number of esters is 1. The first kappa shape index (κ1) is 27.8. The summed E-state index contributed by atoms with van der Waals surface area (Å²) in [6.45, 7) is 11.0. The maximum absolute atomic E-state index is 12.6. The lowest BCUT2D eigenvalue weighted by Gasteiger charge is -2.15. The van der Waals surface area contributed by atoms with E-state index in [0.717, 1.165) is 6.42 Å². The van der Waals surface area contributed by atoms with Gasteiger partial charge in [-0.1, -0.05) is 27.2 Å². The van der Waals surface area contributed by atoms with E-state index in [1.807, 2.05) is 20.8 Å². The molecule has 0 fully saturated rings. The zero-order chi connectivity index (χ0) is 23.2. The van der Waals surface area contributed by atoms with Crippen molar-refractivity contribution in [2.75, 3.05) is 31.3 Å². The van der Waals surface area contributed by atoms with Crippen LogP contribution in [0.1, 0.15) is 64.2 Å². The molecule has 8 nitrogen and oxygen atoms in total. The molecule has 170 valence electrons. The van der Waals surface area contributed by atoms with Crippen LogP contribution in [0.2, 0.25) is 0 Å². The summed E-state index contributed by atoms with van der Waals surface area (Å²) in [6, 6.07) is 4.42. The van der Waals surface area contributed by atoms with E-state index in [2.05, 4.69) is 10.6 Å². The molecule has 0 radical (unpaired) electrons. The third kappa shape index (κ3) is 11.1. The number of carbonyl (C=O) groups excluding carboxylic acids is 3. The van der Waals surface area contributed by atoms with E-state index in [9.17, 15) is 18.9 Å². The Morgan fingerprint density at radius 1 is 1.13 bits per heavy atom. The SMILES string of the molecule is CC.CCCCC(=O)Oc1ccc(NC(C)=O)c(C(=O)NCCP(C)(=O)OCC)c1. The average Bonchev–Trinajstić information content (AvgIpc) is 2.68. The molecular formula is C21H35N2O6P. The van der Waals surface area contributed by atoms with Gasteiger partial charge in [-0.2, -0.15) is 0 Å². The summed E-state index contributed by atoms with van der Waals surface area (Å²) in [5, 5.41) is 5.24. The standard InChI is InChI=1S/C19H29N2O6P.C2H6/c1-5-7-8-18(23)27-15-9-10-17(21-14(3)22)16(13-15)19(24)20-11-12-28(4,25)26-6-2;1-2/h9-10,13H,5-8,11-12H2,1-4H3,(H,20,24)(H,21,22);1-2H3. The summed E-state index contributed by atoms with van der Waals surface area (Å²) in [6.07, 6.45) is 2.06. The van der Waals surface area contributed by atoms with Gasteiger partial charge in [-0.25, -0.2) is 0 Å². The Bertz CT molecular complexity index is 751. The number of nitrogens with one attached hydrogen (secondary N) is 2. The molecule has 0 saturated carbocycles. The number of benzene rings is 1. The first-order valence-electron chi connectivity index (χ1n) is 10.3. The van der Waals surface area contributed by atoms with Crippen molar-refractivity contribution in [3.63, 3.8) is 0 Å². The highest BCUT2D eigenvalue weighted by Gasteiger charge is 2.18. The van der Waals surface area contributed by atoms with E-state index in [1.54, 1.807) is 6.92 Å². The molecule has 0 bridgehead atoms. The second-order valence-electron chi connectivity index (χ2n) is 6.38. The van der Waals surface area contributed by atoms with Gasteiger partial charge in [0.2, 0.25) is 13.3 Å². The van der Waals surface area contributed by atoms with Crippen LogP contribution in [0.5, 0.6) is 5.75 Å². The second kappa shape index (κ2) is 14.7. The summed E-state index contributed by atoms with van der Waals surface area (Å²) in [5.41, 5.74) is 0.446.